The van der Waals surface area contributed by atoms with Crippen LogP contribution in [0.3, 0.4) is 0 Å². The van der Waals surface area contributed by atoms with Crippen molar-refractivity contribution in [2.24, 2.45) is 0 Å². The molecule has 0 heterocycles. The van der Waals surface area contributed by atoms with Gasteiger partial charge in [0.1, 0.15) is 0 Å². The predicted molar refractivity (Wildman–Crippen MR) is 61.2 cm³/mol. The van der Waals surface area contributed by atoms with E-state index in [0.717, 1.165) is 12.2 Å². The number of anilines is 1. The first kappa shape index (κ1) is 11.6. The first-order valence-electron chi connectivity index (χ1n) is 5.19. The first-order valence-corrected chi connectivity index (χ1v) is 5.19. The zero-order chi connectivity index (χ0) is 11.3. The van der Waals surface area contributed by atoms with Crippen molar-refractivity contribution in [1.82, 2.24) is 0 Å². The molecule has 82 valence electrons. The van der Waals surface area contributed by atoms with E-state index in [0.29, 0.717) is 5.56 Å². The molecule has 1 aromatic rings. The summed E-state index contributed by atoms with van der Waals surface area (Å²) in [4.78, 5) is 11.7. The number of hydrogen-bond donors (Lipinski definition) is 1. The molecule has 0 aliphatic rings. The van der Waals surface area contributed by atoms with Gasteiger partial charge in [0.15, 0.2) is 0 Å². The SMILES string of the molecule is CCNc1ccccc1C(=O)OC(C)C. The molecule has 0 amide bonds. The van der Waals surface area contributed by atoms with E-state index >= 15 is 0 Å². The summed E-state index contributed by atoms with van der Waals surface area (Å²) in [6.45, 7) is 6.46. The van der Waals surface area contributed by atoms with E-state index in [1.54, 1.807) is 6.07 Å². The minimum Gasteiger partial charge on any atom is -0.459 e. The number of para-hydroxylation sites is 1. The number of carbonyl (C=O) groups is 1. The molecule has 0 radical (unpaired) electrons. The van der Waals surface area contributed by atoms with Gasteiger partial charge in [0.05, 0.1) is 11.7 Å². The lowest BCUT2D eigenvalue weighted by atomic mass is 10.2. The highest BCUT2D eigenvalue weighted by Gasteiger charge is 2.12. The minimum atomic E-state index is -0.276. The van der Waals surface area contributed by atoms with Gasteiger partial charge in [-0.15, -0.1) is 0 Å². The summed E-state index contributed by atoms with van der Waals surface area (Å²) < 4.78 is 5.14. The maximum atomic E-state index is 11.7. The molecule has 15 heavy (non-hydrogen) atoms. The number of rotatable bonds is 4. The normalized spacial score (nSPS) is 10.1. The van der Waals surface area contributed by atoms with E-state index in [-0.39, 0.29) is 12.1 Å². The van der Waals surface area contributed by atoms with Crippen LogP contribution in [-0.4, -0.2) is 18.6 Å². The Balaban J connectivity index is 2.87. The van der Waals surface area contributed by atoms with Gasteiger partial charge >= 0.3 is 5.97 Å². The van der Waals surface area contributed by atoms with Crippen LogP contribution < -0.4 is 5.32 Å². The van der Waals surface area contributed by atoms with Crippen molar-refractivity contribution in [3.63, 3.8) is 0 Å². The van der Waals surface area contributed by atoms with Gasteiger partial charge < -0.3 is 10.1 Å². The first-order chi connectivity index (χ1) is 7.15. The number of ether oxygens (including phenoxy) is 1. The third kappa shape index (κ3) is 3.27. The second-order valence-electron chi connectivity index (χ2n) is 3.53. The average Bonchev–Trinajstić information content (AvgIpc) is 2.18. The molecule has 3 nitrogen and oxygen atoms in total. The molecule has 0 aromatic heterocycles. The highest BCUT2D eigenvalue weighted by atomic mass is 16.5. The molecule has 1 aromatic carbocycles. The van der Waals surface area contributed by atoms with Gasteiger partial charge in [-0.1, -0.05) is 12.1 Å². The molecule has 0 unspecified atom stereocenters. The van der Waals surface area contributed by atoms with E-state index in [4.69, 9.17) is 4.74 Å². The fraction of sp³-hybridized carbons (Fsp3) is 0.417. The van der Waals surface area contributed by atoms with Crippen LogP contribution in [0, 0.1) is 0 Å². The molecule has 0 atom stereocenters. The highest BCUT2D eigenvalue weighted by Crippen LogP contribution is 2.16. The third-order valence-electron chi connectivity index (χ3n) is 1.86. The van der Waals surface area contributed by atoms with Crippen molar-refractivity contribution in [2.45, 2.75) is 26.9 Å². The molecule has 0 saturated carbocycles. The largest absolute Gasteiger partial charge is 0.459 e. The molecular formula is C12H17NO2. The standard InChI is InChI=1S/C12H17NO2/c1-4-13-11-8-6-5-7-10(11)12(14)15-9(2)3/h5-9,13H,4H2,1-3H3. The Bertz CT molecular complexity index is 334. The summed E-state index contributed by atoms with van der Waals surface area (Å²) in [6, 6.07) is 7.37. The number of carbonyl (C=O) groups excluding carboxylic acids is 1. The Kier molecular flexibility index (Phi) is 4.16. The topological polar surface area (TPSA) is 38.3 Å². The Morgan fingerprint density at radius 3 is 2.67 bits per heavy atom. The van der Waals surface area contributed by atoms with Gasteiger partial charge in [-0.2, -0.15) is 0 Å². The molecule has 0 fully saturated rings. The molecule has 1 rings (SSSR count). The highest BCUT2D eigenvalue weighted by molar-refractivity contribution is 5.95. The van der Waals surface area contributed by atoms with Crippen LogP contribution in [0.15, 0.2) is 24.3 Å². The maximum Gasteiger partial charge on any atom is 0.340 e. The number of nitrogens with one attached hydrogen (secondary N) is 1. The van der Waals surface area contributed by atoms with Gasteiger partial charge in [-0.3, -0.25) is 0 Å². The van der Waals surface area contributed by atoms with E-state index in [2.05, 4.69) is 5.32 Å². The fourth-order valence-corrected chi connectivity index (χ4v) is 1.28. The van der Waals surface area contributed by atoms with Crippen LogP contribution in [0.1, 0.15) is 31.1 Å². The van der Waals surface area contributed by atoms with Gasteiger partial charge in [0.2, 0.25) is 0 Å². The van der Waals surface area contributed by atoms with Crippen molar-refractivity contribution in [1.29, 1.82) is 0 Å². The lowest BCUT2D eigenvalue weighted by Gasteiger charge is -2.12. The zero-order valence-electron chi connectivity index (χ0n) is 9.41. The molecule has 3 heteroatoms. The Labute approximate surface area is 90.4 Å². The van der Waals surface area contributed by atoms with Crippen molar-refractivity contribution >= 4 is 11.7 Å². The average molecular weight is 207 g/mol. The van der Waals surface area contributed by atoms with E-state index in [1.165, 1.54) is 0 Å². The van der Waals surface area contributed by atoms with Gasteiger partial charge in [0, 0.05) is 12.2 Å². The smallest absolute Gasteiger partial charge is 0.340 e. The van der Waals surface area contributed by atoms with Crippen molar-refractivity contribution in [3.05, 3.63) is 29.8 Å². The van der Waals surface area contributed by atoms with E-state index < -0.39 is 0 Å². The zero-order valence-corrected chi connectivity index (χ0v) is 9.41. The molecular weight excluding hydrogens is 190 g/mol. The lowest BCUT2D eigenvalue weighted by Crippen LogP contribution is -2.13. The summed E-state index contributed by atoms with van der Waals surface area (Å²) in [6.07, 6.45) is -0.0906. The number of benzene rings is 1. The Morgan fingerprint density at radius 2 is 2.07 bits per heavy atom. The third-order valence-corrected chi connectivity index (χ3v) is 1.86. The number of hydrogen-bond acceptors (Lipinski definition) is 3. The molecule has 0 bridgehead atoms. The van der Waals surface area contributed by atoms with Crippen LogP contribution in [0.5, 0.6) is 0 Å². The van der Waals surface area contributed by atoms with Crippen molar-refractivity contribution in [3.8, 4) is 0 Å². The molecule has 0 saturated heterocycles. The van der Waals surface area contributed by atoms with Gasteiger partial charge in [0.25, 0.3) is 0 Å². The summed E-state index contributed by atoms with van der Waals surface area (Å²) in [7, 11) is 0. The molecule has 0 spiro atoms. The van der Waals surface area contributed by atoms with Crippen LogP contribution in [0.25, 0.3) is 0 Å². The molecule has 0 aliphatic carbocycles. The van der Waals surface area contributed by atoms with Crippen molar-refractivity contribution < 1.29 is 9.53 Å². The lowest BCUT2D eigenvalue weighted by molar-refractivity contribution is 0.0379. The molecule has 0 aliphatic heterocycles. The quantitative estimate of drug-likeness (QED) is 0.771. The molecule has 1 N–H and O–H groups in total. The van der Waals surface area contributed by atoms with Gasteiger partial charge in [-0.25, -0.2) is 4.79 Å². The fourth-order valence-electron chi connectivity index (χ4n) is 1.28. The maximum absolute atomic E-state index is 11.7. The minimum absolute atomic E-state index is 0.0906. The van der Waals surface area contributed by atoms with E-state index in [9.17, 15) is 4.79 Å². The van der Waals surface area contributed by atoms with E-state index in [1.807, 2.05) is 39.0 Å². The Hall–Kier alpha value is -1.51. The second kappa shape index (κ2) is 5.39. The van der Waals surface area contributed by atoms with Crippen molar-refractivity contribution in [2.75, 3.05) is 11.9 Å². The monoisotopic (exact) mass is 207 g/mol. The summed E-state index contributed by atoms with van der Waals surface area (Å²) in [5.74, 6) is -0.276. The Morgan fingerprint density at radius 1 is 1.40 bits per heavy atom. The van der Waals surface area contributed by atoms with Crippen LogP contribution >= 0.6 is 0 Å². The number of esters is 1. The summed E-state index contributed by atoms with van der Waals surface area (Å²) in [5, 5.41) is 3.13. The van der Waals surface area contributed by atoms with Crippen LogP contribution in [0.2, 0.25) is 0 Å². The summed E-state index contributed by atoms with van der Waals surface area (Å²) >= 11 is 0. The van der Waals surface area contributed by atoms with Crippen LogP contribution in [0.4, 0.5) is 5.69 Å². The second-order valence-corrected chi connectivity index (χ2v) is 3.53. The predicted octanol–water partition coefficient (Wildman–Crippen LogP) is 2.68. The summed E-state index contributed by atoms with van der Waals surface area (Å²) in [5.41, 5.74) is 1.42. The van der Waals surface area contributed by atoms with Gasteiger partial charge in [-0.05, 0) is 32.9 Å². The van der Waals surface area contributed by atoms with Crippen LogP contribution in [-0.2, 0) is 4.74 Å².